The summed E-state index contributed by atoms with van der Waals surface area (Å²) in [6, 6.07) is 35.4. The van der Waals surface area contributed by atoms with Crippen LogP contribution in [0.25, 0.3) is 0 Å². The normalized spacial score (nSPS) is 12.5. The van der Waals surface area contributed by atoms with Crippen molar-refractivity contribution in [2.75, 3.05) is 10.3 Å². The fourth-order valence-corrected chi connectivity index (χ4v) is 4.44. The van der Waals surface area contributed by atoms with Crippen LogP contribution in [-0.4, -0.2) is 5.71 Å². The van der Waals surface area contributed by atoms with Crippen LogP contribution >= 0.6 is 11.8 Å². The highest BCUT2D eigenvalue weighted by Gasteiger charge is 2.16. The molecular formula is C26H21N3S. The van der Waals surface area contributed by atoms with Crippen LogP contribution in [0, 0.1) is 0 Å². The molecule has 1 heterocycles. The third-order valence-electron chi connectivity index (χ3n) is 5.03. The Morgan fingerprint density at radius 3 is 2.00 bits per heavy atom. The number of benzene rings is 4. The van der Waals surface area contributed by atoms with Crippen molar-refractivity contribution in [3.05, 3.63) is 109 Å². The Kier molecular flexibility index (Phi) is 4.99. The molecule has 4 aromatic carbocycles. The minimum absolute atomic E-state index is 0.955. The maximum atomic E-state index is 5.00. The Hall–Kier alpha value is -3.50. The molecule has 1 aliphatic rings. The number of anilines is 4. The molecule has 30 heavy (non-hydrogen) atoms. The number of nitrogens with one attached hydrogen (secondary N) is 1. The van der Waals surface area contributed by atoms with Gasteiger partial charge in [0, 0.05) is 9.79 Å². The standard InChI is InChI=1S/C26H21N3S/c1-19(28-29(21-10-4-2-5-11-21)22-12-6-3-7-13-22)20-16-17-26-24(18-20)27-23-14-8-9-15-25(23)30-26/h2-18,27H,1H3. The number of hydrogen-bond acceptors (Lipinski definition) is 4. The van der Waals surface area contributed by atoms with Gasteiger partial charge in [-0.05, 0) is 61.0 Å². The predicted molar refractivity (Wildman–Crippen MR) is 128 cm³/mol. The summed E-state index contributed by atoms with van der Waals surface area (Å²) in [5.74, 6) is 0. The summed E-state index contributed by atoms with van der Waals surface area (Å²) < 4.78 is 0. The molecule has 4 aromatic rings. The second kappa shape index (κ2) is 8.09. The molecule has 0 saturated heterocycles. The minimum atomic E-state index is 0.955. The summed E-state index contributed by atoms with van der Waals surface area (Å²) >= 11 is 1.80. The largest absolute Gasteiger partial charge is 0.354 e. The molecule has 146 valence electrons. The van der Waals surface area contributed by atoms with Crippen LogP contribution in [0.2, 0.25) is 0 Å². The van der Waals surface area contributed by atoms with E-state index in [1.807, 2.05) is 41.4 Å². The first kappa shape index (κ1) is 18.5. The summed E-state index contributed by atoms with van der Waals surface area (Å²) in [5.41, 5.74) is 6.38. The molecule has 0 spiro atoms. The molecule has 0 fully saturated rings. The van der Waals surface area contributed by atoms with E-state index in [0.29, 0.717) is 0 Å². The lowest BCUT2D eigenvalue weighted by Crippen LogP contribution is -2.12. The highest BCUT2D eigenvalue weighted by molar-refractivity contribution is 7.99. The van der Waals surface area contributed by atoms with Crippen LogP contribution < -0.4 is 10.3 Å². The van der Waals surface area contributed by atoms with Gasteiger partial charge < -0.3 is 5.32 Å². The van der Waals surface area contributed by atoms with Crippen molar-refractivity contribution < 1.29 is 0 Å². The molecule has 0 aromatic heterocycles. The van der Waals surface area contributed by atoms with Crippen LogP contribution in [0.4, 0.5) is 22.7 Å². The van der Waals surface area contributed by atoms with Crippen molar-refractivity contribution in [3.63, 3.8) is 0 Å². The fourth-order valence-electron chi connectivity index (χ4n) is 3.47. The highest BCUT2D eigenvalue weighted by atomic mass is 32.2. The van der Waals surface area contributed by atoms with Crippen molar-refractivity contribution in [2.24, 2.45) is 5.10 Å². The summed E-state index contributed by atoms with van der Waals surface area (Å²) in [7, 11) is 0. The molecule has 0 amide bonds. The van der Waals surface area contributed by atoms with Crippen molar-refractivity contribution in [3.8, 4) is 0 Å². The van der Waals surface area contributed by atoms with Crippen molar-refractivity contribution in [1.82, 2.24) is 0 Å². The predicted octanol–water partition coefficient (Wildman–Crippen LogP) is 7.46. The summed E-state index contributed by atoms with van der Waals surface area (Å²) in [5, 5.41) is 10.6. The molecule has 4 heteroatoms. The highest BCUT2D eigenvalue weighted by Crippen LogP contribution is 2.44. The molecule has 5 rings (SSSR count). The molecule has 1 N–H and O–H groups in total. The first-order valence-electron chi connectivity index (χ1n) is 9.92. The first-order valence-corrected chi connectivity index (χ1v) is 10.7. The zero-order chi connectivity index (χ0) is 20.3. The van der Waals surface area contributed by atoms with Gasteiger partial charge in [0.1, 0.15) is 0 Å². The van der Waals surface area contributed by atoms with Crippen LogP contribution in [0.5, 0.6) is 0 Å². The van der Waals surface area contributed by atoms with Gasteiger partial charge in [-0.1, -0.05) is 66.4 Å². The van der Waals surface area contributed by atoms with Gasteiger partial charge in [-0.3, -0.25) is 0 Å². The van der Waals surface area contributed by atoms with Crippen LogP contribution in [-0.2, 0) is 0 Å². The smallest absolute Gasteiger partial charge is 0.0656 e. The molecule has 0 atom stereocenters. The van der Waals surface area contributed by atoms with Crippen molar-refractivity contribution >= 4 is 40.2 Å². The Bertz CT molecular complexity index is 1160. The zero-order valence-corrected chi connectivity index (χ0v) is 17.4. The van der Waals surface area contributed by atoms with E-state index in [2.05, 4.69) is 79.0 Å². The van der Waals surface area contributed by atoms with Gasteiger partial charge in [0.25, 0.3) is 0 Å². The lowest BCUT2D eigenvalue weighted by atomic mass is 10.1. The summed E-state index contributed by atoms with van der Waals surface area (Å²) in [6.45, 7) is 2.06. The van der Waals surface area contributed by atoms with Gasteiger partial charge in [0.15, 0.2) is 0 Å². The fraction of sp³-hybridized carbons (Fsp3) is 0.0385. The van der Waals surface area contributed by atoms with E-state index in [0.717, 1.165) is 34.0 Å². The average molecular weight is 408 g/mol. The Morgan fingerprint density at radius 1 is 0.700 bits per heavy atom. The monoisotopic (exact) mass is 407 g/mol. The average Bonchev–Trinajstić information content (AvgIpc) is 2.81. The summed E-state index contributed by atoms with van der Waals surface area (Å²) in [4.78, 5) is 2.48. The number of hydrogen-bond donors (Lipinski definition) is 1. The van der Waals surface area contributed by atoms with E-state index < -0.39 is 0 Å². The third kappa shape index (κ3) is 3.70. The van der Waals surface area contributed by atoms with E-state index >= 15 is 0 Å². The molecular weight excluding hydrogens is 386 g/mol. The SMILES string of the molecule is CC(=NN(c1ccccc1)c1ccccc1)c1ccc2c(c1)Nc1ccccc1S2. The zero-order valence-electron chi connectivity index (χ0n) is 16.6. The minimum Gasteiger partial charge on any atom is -0.354 e. The number of fused-ring (bicyclic) bond motifs is 2. The number of nitrogens with zero attached hydrogens (tertiary/aromatic N) is 2. The maximum absolute atomic E-state index is 5.00. The van der Waals surface area contributed by atoms with Gasteiger partial charge in [-0.15, -0.1) is 0 Å². The number of hydrazone groups is 1. The maximum Gasteiger partial charge on any atom is 0.0656 e. The summed E-state index contributed by atoms with van der Waals surface area (Å²) in [6.07, 6.45) is 0. The van der Waals surface area contributed by atoms with E-state index in [1.165, 1.54) is 9.79 Å². The second-order valence-corrected chi connectivity index (χ2v) is 8.19. The molecule has 0 bridgehead atoms. The third-order valence-corrected chi connectivity index (χ3v) is 6.18. The van der Waals surface area contributed by atoms with Crippen LogP contribution in [0.15, 0.2) is 118 Å². The lowest BCUT2D eigenvalue weighted by Gasteiger charge is -2.22. The van der Waals surface area contributed by atoms with E-state index in [9.17, 15) is 0 Å². The quantitative estimate of drug-likeness (QED) is 0.247. The Morgan fingerprint density at radius 2 is 1.30 bits per heavy atom. The van der Waals surface area contributed by atoms with Gasteiger partial charge in [0.05, 0.1) is 28.5 Å². The molecule has 3 nitrogen and oxygen atoms in total. The van der Waals surface area contributed by atoms with E-state index in [-0.39, 0.29) is 0 Å². The molecule has 0 unspecified atom stereocenters. The second-order valence-electron chi connectivity index (χ2n) is 7.10. The Labute approximate surface area is 181 Å². The number of rotatable bonds is 4. The Balaban J connectivity index is 1.51. The van der Waals surface area contributed by atoms with Crippen LogP contribution in [0.1, 0.15) is 12.5 Å². The molecule has 0 saturated carbocycles. The van der Waals surface area contributed by atoms with E-state index in [1.54, 1.807) is 11.8 Å². The topological polar surface area (TPSA) is 27.6 Å². The molecule has 0 aliphatic carbocycles. The lowest BCUT2D eigenvalue weighted by molar-refractivity contribution is 1.08. The van der Waals surface area contributed by atoms with Gasteiger partial charge >= 0.3 is 0 Å². The number of para-hydroxylation sites is 3. The van der Waals surface area contributed by atoms with Crippen molar-refractivity contribution in [2.45, 2.75) is 16.7 Å². The van der Waals surface area contributed by atoms with Gasteiger partial charge in [0.2, 0.25) is 0 Å². The van der Waals surface area contributed by atoms with Gasteiger partial charge in [-0.2, -0.15) is 5.10 Å². The van der Waals surface area contributed by atoms with Crippen LogP contribution in [0.3, 0.4) is 0 Å². The van der Waals surface area contributed by atoms with E-state index in [4.69, 9.17) is 5.10 Å². The van der Waals surface area contributed by atoms with Crippen molar-refractivity contribution in [1.29, 1.82) is 0 Å². The molecule has 1 aliphatic heterocycles. The van der Waals surface area contributed by atoms with Gasteiger partial charge in [-0.25, -0.2) is 5.01 Å². The first-order chi connectivity index (χ1) is 14.8. The molecule has 0 radical (unpaired) electrons.